The summed E-state index contributed by atoms with van der Waals surface area (Å²) in [4.78, 5) is 12.5. The van der Waals surface area contributed by atoms with Crippen molar-refractivity contribution in [3.8, 4) is 34.3 Å². The van der Waals surface area contributed by atoms with Gasteiger partial charge in [0.2, 0.25) is 0 Å². The minimum atomic E-state index is -0.280. The number of benzene rings is 3. The first-order valence-electron chi connectivity index (χ1n) is 10.9. The van der Waals surface area contributed by atoms with Crippen LogP contribution < -0.4 is 19.6 Å². The molecule has 184 valence electrons. The van der Waals surface area contributed by atoms with E-state index >= 15 is 0 Å². The van der Waals surface area contributed by atoms with E-state index in [1.54, 1.807) is 39.5 Å². The maximum absolute atomic E-state index is 12.5. The van der Waals surface area contributed by atoms with Crippen LogP contribution in [0, 0.1) is 0 Å². The monoisotopic (exact) mass is 503 g/mol. The Labute approximate surface area is 213 Å². The number of hydrogen-bond acceptors (Lipinski definition) is 8. The van der Waals surface area contributed by atoms with Gasteiger partial charge in [0.15, 0.2) is 11.0 Å². The topological polar surface area (TPSA) is 99.9 Å². The Bertz CT molecular complexity index is 1340. The van der Waals surface area contributed by atoms with Crippen LogP contribution in [0.5, 0.6) is 17.2 Å². The van der Waals surface area contributed by atoms with Crippen molar-refractivity contribution < 1.29 is 19.0 Å². The molecule has 1 N–H and O–H groups in total. The van der Waals surface area contributed by atoms with Crippen LogP contribution in [-0.4, -0.2) is 54.0 Å². The van der Waals surface area contributed by atoms with Gasteiger partial charge in [0, 0.05) is 22.9 Å². The summed E-state index contributed by atoms with van der Waals surface area (Å²) in [5.41, 5.74) is 5.02. The number of amides is 1. The molecular weight excluding hydrogens is 478 g/mol. The summed E-state index contributed by atoms with van der Waals surface area (Å²) in [7, 11) is 4.77. The number of ether oxygens (including phenoxy) is 3. The fourth-order valence-corrected chi connectivity index (χ4v) is 4.11. The van der Waals surface area contributed by atoms with E-state index in [-0.39, 0.29) is 11.7 Å². The highest BCUT2D eigenvalue weighted by Crippen LogP contribution is 2.29. The first kappa shape index (κ1) is 24.8. The number of para-hydroxylation sites is 1. The average molecular weight is 504 g/mol. The molecule has 0 aliphatic rings. The van der Waals surface area contributed by atoms with Gasteiger partial charge in [-0.2, -0.15) is 5.10 Å². The standard InChI is InChI=1S/C26H25N5O4S/c1-33-21-12-9-18(10-13-21)25-29-30-26(31(25)20-7-5-4-6-8-20)36-17-24(32)28-27-16-19-11-14-22(34-2)15-23(19)35-3/h4-16H,17H2,1-3H3,(H,28,32)/b27-16+. The van der Waals surface area contributed by atoms with E-state index in [2.05, 4.69) is 20.7 Å². The third-order valence-electron chi connectivity index (χ3n) is 5.16. The Kier molecular flexibility index (Phi) is 8.20. The summed E-state index contributed by atoms with van der Waals surface area (Å²) in [6.07, 6.45) is 1.52. The Hall–Kier alpha value is -4.31. The van der Waals surface area contributed by atoms with Crippen LogP contribution in [0.15, 0.2) is 83.1 Å². The molecule has 0 unspecified atom stereocenters. The summed E-state index contributed by atoms with van der Waals surface area (Å²) in [5, 5.41) is 13.4. The average Bonchev–Trinajstić information content (AvgIpc) is 3.36. The van der Waals surface area contributed by atoms with Gasteiger partial charge in [-0.25, -0.2) is 5.43 Å². The lowest BCUT2D eigenvalue weighted by Gasteiger charge is -2.10. The molecule has 0 bridgehead atoms. The minimum Gasteiger partial charge on any atom is -0.497 e. The normalized spacial score (nSPS) is 10.9. The summed E-state index contributed by atoms with van der Waals surface area (Å²) in [5.74, 6) is 2.49. The first-order valence-corrected chi connectivity index (χ1v) is 11.9. The molecule has 0 aliphatic heterocycles. The van der Waals surface area contributed by atoms with Crippen LogP contribution in [0.3, 0.4) is 0 Å². The second kappa shape index (κ2) is 11.9. The van der Waals surface area contributed by atoms with Crippen molar-refractivity contribution in [2.75, 3.05) is 27.1 Å². The molecule has 1 heterocycles. The number of rotatable bonds is 10. The maximum atomic E-state index is 12.5. The molecule has 0 spiro atoms. The van der Waals surface area contributed by atoms with Gasteiger partial charge in [0.1, 0.15) is 17.2 Å². The predicted molar refractivity (Wildman–Crippen MR) is 139 cm³/mol. The van der Waals surface area contributed by atoms with Crippen molar-refractivity contribution in [3.63, 3.8) is 0 Å². The Morgan fingerprint density at radius 1 is 0.944 bits per heavy atom. The van der Waals surface area contributed by atoms with Gasteiger partial charge in [0.25, 0.3) is 5.91 Å². The number of carbonyl (C=O) groups excluding carboxylic acids is 1. The molecule has 0 radical (unpaired) electrons. The summed E-state index contributed by atoms with van der Waals surface area (Å²) in [6, 6.07) is 22.7. The number of aromatic nitrogens is 3. The fourth-order valence-electron chi connectivity index (χ4n) is 3.36. The molecule has 0 aliphatic carbocycles. The van der Waals surface area contributed by atoms with Crippen LogP contribution >= 0.6 is 11.8 Å². The molecule has 1 aromatic heterocycles. The van der Waals surface area contributed by atoms with E-state index in [4.69, 9.17) is 14.2 Å². The van der Waals surface area contributed by atoms with E-state index < -0.39 is 0 Å². The molecule has 0 saturated carbocycles. The lowest BCUT2D eigenvalue weighted by atomic mass is 10.2. The van der Waals surface area contributed by atoms with Crippen LogP contribution in [0.4, 0.5) is 0 Å². The molecule has 0 atom stereocenters. The zero-order chi connectivity index (χ0) is 25.3. The number of nitrogens with zero attached hydrogens (tertiary/aromatic N) is 4. The van der Waals surface area contributed by atoms with Crippen molar-refractivity contribution in [1.82, 2.24) is 20.2 Å². The molecule has 0 saturated heterocycles. The number of nitrogens with one attached hydrogen (secondary N) is 1. The summed E-state index contributed by atoms with van der Waals surface area (Å²) < 4.78 is 17.7. The summed E-state index contributed by atoms with van der Waals surface area (Å²) >= 11 is 1.27. The second-order valence-electron chi connectivity index (χ2n) is 7.40. The van der Waals surface area contributed by atoms with Crippen LogP contribution in [0.25, 0.3) is 17.1 Å². The van der Waals surface area contributed by atoms with Crippen LogP contribution in [-0.2, 0) is 4.79 Å². The number of hydrogen-bond donors (Lipinski definition) is 1. The Balaban J connectivity index is 1.48. The SMILES string of the molecule is COc1ccc(-c2nnc(SCC(=O)N/N=C/c3ccc(OC)cc3OC)n2-c2ccccc2)cc1. The van der Waals surface area contributed by atoms with Gasteiger partial charge in [0.05, 0.1) is 33.3 Å². The number of hydrazone groups is 1. The highest BCUT2D eigenvalue weighted by molar-refractivity contribution is 7.99. The molecule has 4 rings (SSSR count). The Morgan fingerprint density at radius 3 is 2.36 bits per heavy atom. The third kappa shape index (κ3) is 5.84. The van der Waals surface area contributed by atoms with E-state index in [1.165, 1.54) is 18.0 Å². The lowest BCUT2D eigenvalue weighted by Crippen LogP contribution is -2.20. The van der Waals surface area contributed by atoms with Gasteiger partial charge < -0.3 is 14.2 Å². The molecule has 1 amide bonds. The van der Waals surface area contributed by atoms with E-state index in [1.807, 2.05) is 59.2 Å². The zero-order valence-corrected chi connectivity index (χ0v) is 20.9. The number of methoxy groups -OCH3 is 3. The van der Waals surface area contributed by atoms with Gasteiger partial charge in [-0.15, -0.1) is 10.2 Å². The second-order valence-corrected chi connectivity index (χ2v) is 8.34. The van der Waals surface area contributed by atoms with Gasteiger partial charge in [-0.05, 0) is 48.5 Å². The van der Waals surface area contributed by atoms with Gasteiger partial charge in [-0.1, -0.05) is 30.0 Å². The fraction of sp³-hybridized carbons (Fsp3) is 0.154. The molecule has 10 heteroatoms. The smallest absolute Gasteiger partial charge is 0.250 e. The maximum Gasteiger partial charge on any atom is 0.250 e. The van der Waals surface area contributed by atoms with E-state index in [0.29, 0.717) is 28.0 Å². The molecular formula is C26H25N5O4S. The number of thioether (sulfide) groups is 1. The van der Waals surface area contributed by atoms with Crippen molar-refractivity contribution in [2.45, 2.75) is 5.16 Å². The summed E-state index contributed by atoms with van der Waals surface area (Å²) in [6.45, 7) is 0. The lowest BCUT2D eigenvalue weighted by molar-refractivity contribution is -0.118. The third-order valence-corrected chi connectivity index (χ3v) is 6.09. The molecule has 0 fully saturated rings. The molecule has 3 aromatic carbocycles. The quantitative estimate of drug-likeness (QED) is 0.197. The van der Waals surface area contributed by atoms with Gasteiger partial charge in [-0.3, -0.25) is 9.36 Å². The van der Waals surface area contributed by atoms with E-state index in [9.17, 15) is 4.79 Å². The predicted octanol–water partition coefficient (Wildman–Crippen LogP) is 4.20. The van der Waals surface area contributed by atoms with Crippen molar-refractivity contribution >= 4 is 23.9 Å². The first-order chi connectivity index (χ1) is 17.6. The zero-order valence-electron chi connectivity index (χ0n) is 20.0. The molecule has 9 nitrogen and oxygen atoms in total. The highest BCUT2D eigenvalue weighted by atomic mass is 32.2. The molecule has 36 heavy (non-hydrogen) atoms. The largest absolute Gasteiger partial charge is 0.497 e. The van der Waals surface area contributed by atoms with Crippen molar-refractivity contribution in [1.29, 1.82) is 0 Å². The minimum absolute atomic E-state index is 0.102. The van der Waals surface area contributed by atoms with Crippen LogP contribution in [0.1, 0.15) is 5.56 Å². The van der Waals surface area contributed by atoms with E-state index in [0.717, 1.165) is 17.0 Å². The molecule has 4 aromatic rings. The van der Waals surface area contributed by atoms with Crippen molar-refractivity contribution in [3.05, 3.63) is 78.4 Å². The number of carbonyl (C=O) groups is 1. The highest BCUT2D eigenvalue weighted by Gasteiger charge is 2.17. The van der Waals surface area contributed by atoms with Gasteiger partial charge >= 0.3 is 0 Å². The van der Waals surface area contributed by atoms with Crippen molar-refractivity contribution in [2.24, 2.45) is 5.10 Å². The van der Waals surface area contributed by atoms with Crippen LogP contribution in [0.2, 0.25) is 0 Å². The Morgan fingerprint density at radius 2 is 1.67 bits per heavy atom.